The largest absolute Gasteiger partial charge is 0.497 e. The normalized spacial score (nSPS) is 10.8. The van der Waals surface area contributed by atoms with Crippen molar-refractivity contribution in [2.45, 2.75) is 6.61 Å². The van der Waals surface area contributed by atoms with E-state index in [2.05, 4.69) is 10.1 Å². The van der Waals surface area contributed by atoms with Crippen LogP contribution in [-0.4, -0.2) is 32.8 Å². The Morgan fingerprint density at radius 3 is 2.27 bits per heavy atom. The molecule has 0 bridgehead atoms. The first-order valence-corrected chi connectivity index (χ1v) is 7.84. The van der Waals surface area contributed by atoms with Crippen molar-refractivity contribution in [1.29, 1.82) is 0 Å². The van der Waals surface area contributed by atoms with Crippen LogP contribution in [0.1, 0.15) is 5.56 Å². The maximum atomic E-state index is 12.1. The molecule has 1 amide bonds. The van der Waals surface area contributed by atoms with E-state index < -0.39 is 6.61 Å². The van der Waals surface area contributed by atoms with E-state index in [0.29, 0.717) is 24.5 Å². The molecule has 0 radical (unpaired) electrons. The molecule has 7 heteroatoms. The molecule has 5 nitrogen and oxygen atoms in total. The summed E-state index contributed by atoms with van der Waals surface area (Å²) in [5.74, 6) is 1.21. The highest BCUT2D eigenvalue weighted by atomic mass is 19.3. The zero-order valence-electron chi connectivity index (χ0n) is 14.2. The van der Waals surface area contributed by atoms with Crippen LogP contribution in [0.2, 0.25) is 0 Å². The predicted molar refractivity (Wildman–Crippen MR) is 93.6 cm³/mol. The van der Waals surface area contributed by atoms with Gasteiger partial charge in [0.2, 0.25) is 5.91 Å². The Morgan fingerprint density at radius 2 is 1.65 bits per heavy atom. The first-order chi connectivity index (χ1) is 12.6. The summed E-state index contributed by atoms with van der Waals surface area (Å²) in [6.45, 7) is -2.19. The van der Waals surface area contributed by atoms with Gasteiger partial charge < -0.3 is 19.5 Å². The fourth-order valence-electron chi connectivity index (χ4n) is 2.01. The summed E-state index contributed by atoms with van der Waals surface area (Å²) in [6, 6.07) is 13.1. The third kappa shape index (κ3) is 6.80. The van der Waals surface area contributed by atoms with Crippen LogP contribution >= 0.6 is 0 Å². The van der Waals surface area contributed by atoms with Crippen molar-refractivity contribution in [2.75, 3.05) is 20.3 Å². The van der Waals surface area contributed by atoms with Gasteiger partial charge in [0.05, 0.1) is 13.7 Å². The fraction of sp³-hybridized carbons (Fsp3) is 0.211. The Labute approximate surface area is 150 Å². The molecular formula is C19H19F2NO4. The van der Waals surface area contributed by atoms with Gasteiger partial charge in [0.15, 0.2) is 0 Å². The second-order valence-corrected chi connectivity index (χ2v) is 5.10. The Kier molecular flexibility index (Phi) is 7.42. The predicted octanol–water partition coefficient (Wildman–Crippen LogP) is 3.51. The van der Waals surface area contributed by atoms with E-state index in [9.17, 15) is 13.6 Å². The maximum Gasteiger partial charge on any atom is 0.387 e. The van der Waals surface area contributed by atoms with Crippen molar-refractivity contribution in [3.8, 4) is 17.2 Å². The number of carbonyl (C=O) groups excluding carboxylic acids is 1. The minimum atomic E-state index is -2.86. The molecule has 2 rings (SSSR count). The minimum Gasteiger partial charge on any atom is -0.497 e. The highest BCUT2D eigenvalue weighted by molar-refractivity contribution is 5.91. The van der Waals surface area contributed by atoms with E-state index in [1.54, 1.807) is 49.6 Å². The van der Waals surface area contributed by atoms with Gasteiger partial charge in [0.25, 0.3) is 0 Å². The lowest BCUT2D eigenvalue weighted by atomic mass is 10.2. The zero-order valence-corrected chi connectivity index (χ0v) is 14.2. The van der Waals surface area contributed by atoms with Gasteiger partial charge in [-0.25, -0.2) is 0 Å². The molecule has 0 fully saturated rings. The van der Waals surface area contributed by atoms with Crippen LogP contribution in [0.5, 0.6) is 17.2 Å². The van der Waals surface area contributed by atoms with Crippen LogP contribution in [0.25, 0.3) is 6.08 Å². The number of amides is 1. The first kappa shape index (κ1) is 19.2. The van der Waals surface area contributed by atoms with Crippen LogP contribution in [0, 0.1) is 0 Å². The number of carbonyl (C=O) groups is 1. The molecule has 0 aliphatic carbocycles. The van der Waals surface area contributed by atoms with Crippen molar-refractivity contribution >= 4 is 12.0 Å². The number of nitrogens with one attached hydrogen (secondary N) is 1. The van der Waals surface area contributed by atoms with E-state index >= 15 is 0 Å². The number of rotatable bonds is 9. The summed E-state index contributed by atoms with van der Waals surface area (Å²) in [5, 5.41) is 2.68. The van der Waals surface area contributed by atoms with Gasteiger partial charge in [-0.2, -0.15) is 8.78 Å². The number of hydrogen-bond donors (Lipinski definition) is 1. The number of hydrogen-bond acceptors (Lipinski definition) is 4. The van der Waals surface area contributed by atoms with Gasteiger partial charge in [-0.05, 0) is 48.0 Å². The molecule has 0 heterocycles. The smallest absolute Gasteiger partial charge is 0.387 e. The Morgan fingerprint density at radius 1 is 1.04 bits per heavy atom. The van der Waals surface area contributed by atoms with Gasteiger partial charge in [0.1, 0.15) is 23.9 Å². The Balaban J connectivity index is 1.69. The van der Waals surface area contributed by atoms with Crippen LogP contribution in [0.4, 0.5) is 8.78 Å². The van der Waals surface area contributed by atoms with Gasteiger partial charge >= 0.3 is 6.61 Å². The van der Waals surface area contributed by atoms with E-state index in [4.69, 9.17) is 9.47 Å². The van der Waals surface area contributed by atoms with Crippen LogP contribution in [0.3, 0.4) is 0 Å². The number of halogens is 2. The van der Waals surface area contributed by atoms with E-state index in [1.165, 1.54) is 18.2 Å². The topological polar surface area (TPSA) is 56.8 Å². The fourth-order valence-corrected chi connectivity index (χ4v) is 2.01. The van der Waals surface area contributed by atoms with Crippen LogP contribution in [-0.2, 0) is 4.79 Å². The lowest BCUT2D eigenvalue weighted by Crippen LogP contribution is -2.26. The lowest BCUT2D eigenvalue weighted by Gasteiger charge is -2.07. The molecule has 138 valence electrons. The SMILES string of the molecule is COc1ccc(OCCNC(=O)C=Cc2ccc(OC(F)F)cc2)cc1. The average molecular weight is 363 g/mol. The van der Waals surface area contributed by atoms with Crippen molar-refractivity contribution in [1.82, 2.24) is 5.32 Å². The van der Waals surface area contributed by atoms with Crippen LogP contribution < -0.4 is 19.5 Å². The molecule has 26 heavy (non-hydrogen) atoms. The standard InChI is InChI=1S/C19H19F2NO4/c1-24-15-7-9-16(10-8-15)25-13-12-22-18(23)11-4-14-2-5-17(6-3-14)26-19(20)21/h2-11,19H,12-13H2,1H3,(H,22,23). The zero-order chi connectivity index (χ0) is 18.8. The third-order valence-corrected chi connectivity index (χ3v) is 3.26. The molecule has 1 N–H and O–H groups in total. The molecule has 0 spiro atoms. The van der Waals surface area contributed by atoms with Crippen molar-refractivity contribution in [3.05, 3.63) is 60.2 Å². The first-order valence-electron chi connectivity index (χ1n) is 7.84. The molecule has 2 aromatic carbocycles. The molecule has 0 atom stereocenters. The molecule has 0 unspecified atom stereocenters. The molecule has 0 aliphatic heterocycles. The van der Waals surface area contributed by atoms with Crippen molar-refractivity contribution < 1.29 is 27.8 Å². The summed E-state index contributed by atoms with van der Waals surface area (Å²) in [4.78, 5) is 11.7. The van der Waals surface area contributed by atoms with Gasteiger partial charge in [-0.15, -0.1) is 0 Å². The molecule has 0 saturated heterocycles. The Hall–Kier alpha value is -3.09. The minimum absolute atomic E-state index is 0.0669. The maximum absolute atomic E-state index is 12.1. The van der Waals surface area contributed by atoms with E-state index in [1.807, 2.05) is 0 Å². The number of ether oxygens (including phenoxy) is 3. The van der Waals surface area contributed by atoms with Gasteiger partial charge in [0, 0.05) is 6.08 Å². The van der Waals surface area contributed by atoms with Gasteiger partial charge in [-0.1, -0.05) is 12.1 Å². The third-order valence-electron chi connectivity index (χ3n) is 3.26. The summed E-state index contributed by atoms with van der Waals surface area (Å²) in [7, 11) is 1.59. The highest BCUT2D eigenvalue weighted by Gasteiger charge is 2.03. The van der Waals surface area contributed by atoms with Crippen LogP contribution in [0.15, 0.2) is 54.6 Å². The molecular weight excluding hydrogens is 344 g/mol. The quantitative estimate of drug-likeness (QED) is 0.547. The second-order valence-electron chi connectivity index (χ2n) is 5.10. The molecule has 0 aliphatic rings. The lowest BCUT2D eigenvalue weighted by molar-refractivity contribution is -0.116. The molecule has 0 aromatic heterocycles. The summed E-state index contributed by atoms with van der Waals surface area (Å²) in [5.41, 5.74) is 0.691. The van der Waals surface area contributed by atoms with Crippen molar-refractivity contribution in [2.24, 2.45) is 0 Å². The van der Waals surface area contributed by atoms with E-state index in [0.717, 1.165) is 5.75 Å². The number of alkyl halides is 2. The molecule has 2 aromatic rings. The van der Waals surface area contributed by atoms with Gasteiger partial charge in [-0.3, -0.25) is 4.79 Å². The van der Waals surface area contributed by atoms with E-state index in [-0.39, 0.29) is 11.7 Å². The second kappa shape index (κ2) is 10.0. The number of benzene rings is 2. The summed E-state index contributed by atoms with van der Waals surface area (Å²) in [6.07, 6.45) is 2.93. The summed E-state index contributed by atoms with van der Waals surface area (Å²) >= 11 is 0. The average Bonchev–Trinajstić information content (AvgIpc) is 2.65. The van der Waals surface area contributed by atoms with Crippen molar-refractivity contribution in [3.63, 3.8) is 0 Å². The molecule has 0 saturated carbocycles. The number of methoxy groups -OCH3 is 1. The summed E-state index contributed by atoms with van der Waals surface area (Å²) < 4.78 is 38.9. The Bertz CT molecular complexity index is 715. The monoisotopic (exact) mass is 363 g/mol. The highest BCUT2D eigenvalue weighted by Crippen LogP contribution is 2.17.